The standard InChI is InChI=1S/C17H25FN2O/c1-4-10-17(11-5-12-19-17)16(21)20(3)13(2)14-6-8-15(18)9-7-14/h6-9,13,19H,4-5,10-12H2,1-3H3. The summed E-state index contributed by atoms with van der Waals surface area (Å²) in [6, 6.07) is 6.32. The van der Waals surface area contributed by atoms with Gasteiger partial charge in [0.1, 0.15) is 5.82 Å². The fraction of sp³-hybridized carbons (Fsp3) is 0.588. The Labute approximate surface area is 126 Å². The summed E-state index contributed by atoms with van der Waals surface area (Å²) in [5.41, 5.74) is 0.550. The van der Waals surface area contributed by atoms with Crippen molar-refractivity contribution in [3.63, 3.8) is 0 Å². The van der Waals surface area contributed by atoms with Crippen molar-refractivity contribution in [2.75, 3.05) is 13.6 Å². The SMILES string of the molecule is CCCC1(C(=O)N(C)C(C)c2ccc(F)cc2)CCCN1. The molecule has 1 aliphatic rings. The zero-order valence-corrected chi connectivity index (χ0v) is 13.2. The largest absolute Gasteiger partial charge is 0.337 e. The molecule has 1 amide bonds. The van der Waals surface area contributed by atoms with Crippen LogP contribution in [0.1, 0.15) is 51.1 Å². The smallest absolute Gasteiger partial charge is 0.243 e. The quantitative estimate of drug-likeness (QED) is 0.903. The van der Waals surface area contributed by atoms with Crippen molar-refractivity contribution in [1.82, 2.24) is 10.2 Å². The fourth-order valence-corrected chi connectivity index (χ4v) is 3.21. The third-order valence-electron chi connectivity index (χ3n) is 4.58. The summed E-state index contributed by atoms with van der Waals surface area (Å²) in [6.45, 7) is 5.00. The summed E-state index contributed by atoms with van der Waals surface area (Å²) in [5.74, 6) is -0.0986. The fourth-order valence-electron chi connectivity index (χ4n) is 3.21. The molecule has 1 saturated heterocycles. The van der Waals surface area contributed by atoms with Crippen molar-refractivity contribution in [3.8, 4) is 0 Å². The van der Waals surface area contributed by atoms with Gasteiger partial charge < -0.3 is 10.2 Å². The number of amides is 1. The average molecular weight is 292 g/mol. The topological polar surface area (TPSA) is 32.3 Å². The molecule has 1 aromatic carbocycles. The van der Waals surface area contributed by atoms with Crippen molar-refractivity contribution in [1.29, 1.82) is 0 Å². The Hall–Kier alpha value is -1.42. The van der Waals surface area contributed by atoms with Crippen LogP contribution in [0.2, 0.25) is 0 Å². The van der Waals surface area contributed by atoms with Crippen LogP contribution in [0.15, 0.2) is 24.3 Å². The molecular weight excluding hydrogens is 267 g/mol. The molecule has 1 heterocycles. The molecule has 0 saturated carbocycles. The van der Waals surface area contributed by atoms with Crippen LogP contribution in [-0.2, 0) is 4.79 Å². The molecule has 1 fully saturated rings. The minimum Gasteiger partial charge on any atom is -0.337 e. The van der Waals surface area contributed by atoms with E-state index >= 15 is 0 Å². The molecule has 21 heavy (non-hydrogen) atoms. The van der Waals surface area contributed by atoms with Gasteiger partial charge in [0.25, 0.3) is 0 Å². The Morgan fingerprint density at radius 1 is 1.43 bits per heavy atom. The Kier molecular flexibility index (Phi) is 4.99. The number of likely N-dealkylation sites (N-methyl/N-ethyl adjacent to an activating group) is 1. The van der Waals surface area contributed by atoms with E-state index in [2.05, 4.69) is 12.2 Å². The van der Waals surface area contributed by atoms with Crippen LogP contribution >= 0.6 is 0 Å². The first-order chi connectivity index (χ1) is 10.00. The summed E-state index contributed by atoms with van der Waals surface area (Å²) < 4.78 is 13.0. The lowest BCUT2D eigenvalue weighted by Crippen LogP contribution is -2.54. The predicted octanol–water partition coefficient (Wildman–Crippen LogP) is 3.27. The van der Waals surface area contributed by atoms with Crippen LogP contribution < -0.4 is 5.32 Å². The molecular formula is C17H25FN2O. The third kappa shape index (κ3) is 3.26. The molecule has 0 bridgehead atoms. The van der Waals surface area contributed by atoms with Gasteiger partial charge in [0.2, 0.25) is 5.91 Å². The maximum atomic E-state index is 13.0. The van der Waals surface area contributed by atoms with E-state index in [9.17, 15) is 9.18 Å². The minimum atomic E-state index is -0.405. The number of carbonyl (C=O) groups is 1. The predicted molar refractivity (Wildman–Crippen MR) is 82.5 cm³/mol. The molecule has 2 unspecified atom stereocenters. The number of nitrogens with zero attached hydrogens (tertiary/aromatic N) is 1. The Morgan fingerprint density at radius 2 is 2.10 bits per heavy atom. The van der Waals surface area contributed by atoms with E-state index in [4.69, 9.17) is 0 Å². The highest BCUT2D eigenvalue weighted by molar-refractivity contribution is 5.87. The van der Waals surface area contributed by atoms with Crippen LogP contribution in [0.4, 0.5) is 4.39 Å². The summed E-state index contributed by atoms with van der Waals surface area (Å²) in [7, 11) is 1.84. The van der Waals surface area contributed by atoms with E-state index in [0.29, 0.717) is 0 Å². The molecule has 2 rings (SSSR count). The second kappa shape index (κ2) is 6.56. The molecule has 1 aromatic rings. The maximum absolute atomic E-state index is 13.0. The highest BCUT2D eigenvalue weighted by Crippen LogP contribution is 2.30. The second-order valence-electron chi connectivity index (χ2n) is 6.01. The molecule has 0 aromatic heterocycles. The van der Waals surface area contributed by atoms with Crippen LogP contribution in [0.25, 0.3) is 0 Å². The number of hydrogen-bond donors (Lipinski definition) is 1. The third-order valence-corrected chi connectivity index (χ3v) is 4.58. The van der Waals surface area contributed by atoms with Crippen molar-refractivity contribution >= 4 is 5.91 Å². The number of nitrogens with one attached hydrogen (secondary N) is 1. The number of benzene rings is 1. The zero-order chi connectivity index (χ0) is 15.5. The molecule has 1 aliphatic heterocycles. The van der Waals surface area contributed by atoms with Gasteiger partial charge in [0.05, 0.1) is 11.6 Å². The van der Waals surface area contributed by atoms with Crippen molar-refractivity contribution in [2.24, 2.45) is 0 Å². The van der Waals surface area contributed by atoms with E-state index in [0.717, 1.165) is 37.8 Å². The lowest BCUT2D eigenvalue weighted by molar-refractivity contribution is -0.138. The summed E-state index contributed by atoms with van der Waals surface area (Å²) >= 11 is 0. The first-order valence-electron chi connectivity index (χ1n) is 7.78. The van der Waals surface area contributed by atoms with Gasteiger partial charge in [0.15, 0.2) is 0 Å². The highest BCUT2D eigenvalue weighted by atomic mass is 19.1. The van der Waals surface area contributed by atoms with E-state index in [1.165, 1.54) is 12.1 Å². The van der Waals surface area contributed by atoms with Gasteiger partial charge in [-0.1, -0.05) is 25.5 Å². The Morgan fingerprint density at radius 3 is 2.62 bits per heavy atom. The molecule has 3 nitrogen and oxygen atoms in total. The molecule has 0 spiro atoms. The first kappa shape index (κ1) is 16.0. The summed E-state index contributed by atoms with van der Waals surface area (Å²) in [4.78, 5) is 14.7. The van der Waals surface area contributed by atoms with E-state index in [1.54, 1.807) is 17.0 Å². The van der Waals surface area contributed by atoms with Gasteiger partial charge >= 0.3 is 0 Å². The van der Waals surface area contributed by atoms with Crippen LogP contribution in [0.5, 0.6) is 0 Å². The van der Waals surface area contributed by atoms with Gasteiger partial charge in [-0.25, -0.2) is 4.39 Å². The molecule has 1 N–H and O–H groups in total. The van der Waals surface area contributed by atoms with Gasteiger partial charge in [-0.2, -0.15) is 0 Å². The summed E-state index contributed by atoms with van der Waals surface area (Å²) in [6.07, 6.45) is 3.80. The highest BCUT2D eigenvalue weighted by Gasteiger charge is 2.42. The molecule has 0 aliphatic carbocycles. The van der Waals surface area contributed by atoms with Gasteiger partial charge in [0, 0.05) is 7.05 Å². The Balaban J connectivity index is 2.15. The normalized spacial score (nSPS) is 23.0. The van der Waals surface area contributed by atoms with Gasteiger partial charge in [-0.15, -0.1) is 0 Å². The van der Waals surface area contributed by atoms with E-state index in [1.807, 2.05) is 14.0 Å². The number of hydrogen-bond acceptors (Lipinski definition) is 2. The van der Waals surface area contributed by atoms with E-state index in [-0.39, 0.29) is 17.8 Å². The molecule has 0 radical (unpaired) electrons. The Bertz CT molecular complexity index is 480. The second-order valence-corrected chi connectivity index (χ2v) is 6.01. The van der Waals surface area contributed by atoms with Crippen molar-refractivity contribution in [2.45, 2.75) is 51.1 Å². The number of carbonyl (C=O) groups excluding carboxylic acids is 1. The van der Waals surface area contributed by atoms with Crippen LogP contribution in [0.3, 0.4) is 0 Å². The zero-order valence-electron chi connectivity index (χ0n) is 13.2. The maximum Gasteiger partial charge on any atom is 0.243 e. The monoisotopic (exact) mass is 292 g/mol. The van der Waals surface area contributed by atoms with Crippen LogP contribution in [-0.4, -0.2) is 29.9 Å². The van der Waals surface area contributed by atoms with Gasteiger partial charge in [-0.05, 0) is 50.4 Å². The number of rotatable bonds is 5. The minimum absolute atomic E-state index is 0.0609. The van der Waals surface area contributed by atoms with Crippen LogP contribution in [0, 0.1) is 5.82 Å². The lowest BCUT2D eigenvalue weighted by Gasteiger charge is -2.35. The first-order valence-corrected chi connectivity index (χ1v) is 7.78. The molecule has 116 valence electrons. The van der Waals surface area contributed by atoms with E-state index < -0.39 is 5.54 Å². The lowest BCUT2D eigenvalue weighted by atomic mass is 9.89. The van der Waals surface area contributed by atoms with Crippen molar-refractivity contribution < 1.29 is 9.18 Å². The van der Waals surface area contributed by atoms with Gasteiger partial charge in [-0.3, -0.25) is 4.79 Å². The summed E-state index contributed by atoms with van der Waals surface area (Å²) in [5, 5.41) is 3.42. The number of halogens is 1. The average Bonchev–Trinajstić information content (AvgIpc) is 2.96. The molecule has 2 atom stereocenters. The molecule has 4 heteroatoms. The van der Waals surface area contributed by atoms with Crippen molar-refractivity contribution in [3.05, 3.63) is 35.6 Å².